The van der Waals surface area contributed by atoms with Crippen molar-refractivity contribution in [2.24, 2.45) is 0 Å². The fourth-order valence-electron chi connectivity index (χ4n) is 3.93. The largest absolute Gasteiger partial charge is 0.353 e. The lowest BCUT2D eigenvalue weighted by atomic mass is 10.0. The van der Waals surface area contributed by atoms with Crippen LogP contribution in [0.4, 0.5) is 11.6 Å². The van der Waals surface area contributed by atoms with Crippen molar-refractivity contribution in [3.8, 4) is 11.3 Å². The Kier molecular flexibility index (Phi) is 6.62. The van der Waals surface area contributed by atoms with Gasteiger partial charge in [0.25, 0.3) is 0 Å². The third kappa shape index (κ3) is 5.48. The van der Waals surface area contributed by atoms with Gasteiger partial charge in [0, 0.05) is 43.0 Å². The number of hydrogen-bond donors (Lipinski definition) is 1. The third-order valence-corrected chi connectivity index (χ3v) is 6.73. The molecule has 1 aliphatic rings. The van der Waals surface area contributed by atoms with E-state index in [0.717, 1.165) is 34.5 Å². The minimum Gasteiger partial charge on any atom is -0.353 e. The molecule has 10 heteroatoms. The van der Waals surface area contributed by atoms with Crippen LogP contribution in [0.3, 0.4) is 0 Å². The SMILES string of the molecule is Cc1cc(-c2ccnc(NCCS(C)(=O)=O)n2)cc2c1N(C(=O)Cc1cccnc1Cl)CC2. The second-order valence-corrected chi connectivity index (χ2v) is 10.7. The van der Waals surface area contributed by atoms with Crippen LogP contribution in [0.15, 0.2) is 42.7 Å². The summed E-state index contributed by atoms with van der Waals surface area (Å²) in [5, 5.41) is 3.31. The molecule has 33 heavy (non-hydrogen) atoms. The number of pyridine rings is 1. The van der Waals surface area contributed by atoms with Crippen LogP contribution >= 0.6 is 11.6 Å². The normalized spacial score (nSPS) is 13.1. The number of aromatic nitrogens is 3. The minimum absolute atomic E-state index is 0.00661. The first-order valence-corrected chi connectivity index (χ1v) is 12.9. The van der Waals surface area contributed by atoms with E-state index in [2.05, 4.69) is 26.3 Å². The maximum absolute atomic E-state index is 13.0. The van der Waals surface area contributed by atoms with Crippen LogP contribution in [-0.2, 0) is 27.5 Å². The Morgan fingerprint density at radius 3 is 2.79 bits per heavy atom. The molecule has 3 heterocycles. The number of carbonyl (C=O) groups excluding carboxylic acids is 1. The van der Waals surface area contributed by atoms with Crippen molar-refractivity contribution in [1.29, 1.82) is 0 Å². The Morgan fingerprint density at radius 1 is 1.21 bits per heavy atom. The fraction of sp³-hybridized carbons (Fsp3) is 0.304. The van der Waals surface area contributed by atoms with Gasteiger partial charge in [-0.2, -0.15) is 0 Å². The number of hydrogen-bond acceptors (Lipinski definition) is 7. The topological polar surface area (TPSA) is 105 Å². The number of anilines is 2. The molecule has 0 unspecified atom stereocenters. The highest BCUT2D eigenvalue weighted by Gasteiger charge is 2.27. The average Bonchev–Trinajstić information content (AvgIpc) is 3.19. The van der Waals surface area contributed by atoms with Gasteiger partial charge in [0.15, 0.2) is 0 Å². The zero-order valence-electron chi connectivity index (χ0n) is 18.4. The summed E-state index contributed by atoms with van der Waals surface area (Å²) in [6.45, 7) is 2.83. The number of nitrogens with zero attached hydrogens (tertiary/aromatic N) is 4. The van der Waals surface area contributed by atoms with Crippen LogP contribution in [0.2, 0.25) is 5.15 Å². The second-order valence-electron chi connectivity index (χ2n) is 8.05. The zero-order chi connectivity index (χ0) is 23.6. The van der Waals surface area contributed by atoms with Crippen LogP contribution in [0.5, 0.6) is 0 Å². The van der Waals surface area contributed by atoms with Crippen molar-refractivity contribution in [3.05, 3.63) is 64.6 Å². The number of amides is 1. The zero-order valence-corrected chi connectivity index (χ0v) is 19.9. The van der Waals surface area contributed by atoms with Gasteiger partial charge in [0.1, 0.15) is 15.0 Å². The molecule has 0 saturated heterocycles. The van der Waals surface area contributed by atoms with Gasteiger partial charge in [0.05, 0.1) is 17.9 Å². The Morgan fingerprint density at radius 2 is 2.03 bits per heavy atom. The van der Waals surface area contributed by atoms with Gasteiger partial charge in [-0.3, -0.25) is 4.79 Å². The number of benzene rings is 1. The maximum atomic E-state index is 13.0. The van der Waals surface area contributed by atoms with Gasteiger partial charge in [-0.05, 0) is 54.3 Å². The summed E-state index contributed by atoms with van der Waals surface area (Å²) in [6, 6.07) is 9.46. The van der Waals surface area contributed by atoms with Crippen LogP contribution in [0.1, 0.15) is 16.7 Å². The molecule has 172 valence electrons. The lowest BCUT2D eigenvalue weighted by Gasteiger charge is -2.20. The molecule has 0 saturated carbocycles. The predicted molar refractivity (Wildman–Crippen MR) is 129 cm³/mol. The lowest BCUT2D eigenvalue weighted by molar-refractivity contribution is -0.117. The summed E-state index contributed by atoms with van der Waals surface area (Å²) in [6.07, 6.45) is 5.38. The van der Waals surface area contributed by atoms with Crippen LogP contribution in [0.25, 0.3) is 11.3 Å². The summed E-state index contributed by atoms with van der Waals surface area (Å²) in [7, 11) is -3.06. The van der Waals surface area contributed by atoms with Gasteiger partial charge >= 0.3 is 0 Å². The van der Waals surface area contributed by atoms with Crippen molar-refractivity contribution in [2.75, 3.05) is 35.3 Å². The Balaban J connectivity index is 1.54. The molecule has 1 N–H and O–H groups in total. The first kappa shape index (κ1) is 23.1. The first-order valence-electron chi connectivity index (χ1n) is 10.5. The molecule has 0 fully saturated rings. The standard InChI is InChI=1S/C23H24ClN5O3S/c1-15-12-18(19-5-8-26-23(28-19)27-9-11-33(2,31)32)13-16-6-10-29(21(15)16)20(30)14-17-4-3-7-25-22(17)24/h3-5,7-8,12-13H,6,9-11,14H2,1-2H3,(H,26,27,28). The summed E-state index contributed by atoms with van der Waals surface area (Å²) >= 11 is 6.13. The highest BCUT2D eigenvalue weighted by atomic mass is 35.5. The predicted octanol–water partition coefficient (Wildman–Crippen LogP) is 3.09. The number of rotatable bonds is 7. The van der Waals surface area contributed by atoms with Crippen LogP contribution < -0.4 is 10.2 Å². The molecule has 8 nitrogen and oxygen atoms in total. The van der Waals surface area contributed by atoms with Crippen LogP contribution in [-0.4, -0.2) is 54.4 Å². The molecule has 0 atom stereocenters. The molecule has 2 aromatic heterocycles. The first-order chi connectivity index (χ1) is 15.7. The van der Waals surface area contributed by atoms with E-state index in [1.54, 1.807) is 18.5 Å². The average molecular weight is 486 g/mol. The molecule has 0 aliphatic carbocycles. The maximum Gasteiger partial charge on any atom is 0.231 e. The Labute approximate surface area is 198 Å². The molecule has 1 aromatic carbocycles. The van der Waals surface area contributed by atoms with E-state index in [1.165, 1.54) is 6.26 Å². The van der Waals surface area contributed by atoms with Crippen molar-refractivity contribution in [2.45, 2.75) is 19.8 Å². The summed E-state index contributed by atoms with van der Waals surface area (Å²) in [5.74, 6) is 0.366. The summed E-state index contributed by atoms with van der Waals surface area (Å²) in [5.41, 5.74) is 5.36. The van der Waals surface area contributed by atoms with Gasteiger partial charge in [-0.25, -0.2) is 23.4 Å². The quantitative estimate of drug-likeness (QED) is 0.512. The molecular weight excluding hydrogens is 462 g/mol. The number of halogens is 1. The highest BCUT2D eigenvalue weighted by molar-refractivity contribution is 7.90. The molecule has 1 aliphatic heterocycles. The van der Waals surface area contributed by atoms with E-state index in [-0.39, 0.29) is 24.6 Å². The number of sulfone groups is 1. The molecule has 3 aromatic rings. The van der Waals surface area contributed by atoms with E-state index in [1.807, 2.05) is 30.0 Å². The molecular formula is C23H24ClN5O3S. The summed E-state index contributed by atoms with van der Waals surface area (Å²) in [4.78, 5) is 27.6. The molecule has 0 radical (unpaired) electrons. The lowest BCUT2D eigenvalue weighted by Crippen LogP contribution is -2.31. The second kappa shape index (κ2) is 9.44. The highest BCUT2D eigenvalue weighted by Crippen LogP contribution is 2.36. The van der Waals surface area contributed by atoms with Gasteiger partial charge in [-0.1, -0.05) is 17.7 Å². The fourth-order valence-corrected chi connectivity index (χ4v) is 4.59. The summed E-state index contributed by atoms with van der Waals surface area (Å²) < 4.78 is 22.7. The smallest absolute Gasteiger partial charge is 0.231 e. The van der Waals surface area contributed by atoms with Crippen molar-refractivity contribution < 1.29 is 13.2 Å². The van der Waals surface area contributed by atoms with Gasteiger partial charge in [-0.15, -0.1) is 0 Å². The molecule has 1 amide bonds. The van der Waals surface area contributed by atoms with E-state index in [4.69, 9.17) is 11.6 Å². The molecule has 4 rings (SSSR count). The van der Waals surface area contributed by atoms with E-state index < -0.39 is 9.84 Å². The van der Waals surface area contributed by atoms with Gasteiger partial charge in [0.2, 0.25) is 11.9 Å². The van der Waals surface area contributed by atoms with Crippen molar-refractivity contribution >= 4 is 39.0 Å². The van der Waals surface area contributed by atoms with E-state index >= 15 is 0 Å². The van der Waals surface area contributed by atoms with Gasteiger partial charge < -0.3 is 10.2 Å². The molecule has 0 bridgehead atoms. The monoisotopic (exact) mass is 485 g/mol. The van der Waals surface area contributed by atoms with Crippen molar-refractivity contribution in [3.63, 3.8) is 0 Å². The number of fused-ring (bicyclic) bond motifs is 1. The number of carbonyl (C=O) groups is 1. The number of aryl methyl sites for hydroxylation is 1. The van der Waals surface area contributed by atoms with Crippen molar-refractivity contribution in [1.82, 2.24) is 15.0 Å². The van der Waals surface area contributed by atoms with E-state index in [0.29, 0.717) is 23.2 Å². The Bertz CT molecular complexity index is 1310. The minimum atomic E-state index is -3.06. The van der Waals surface area contributed by atoms with Crippen LogP contribution in [0, 0.1) is 6.92 Å². The molecule has 0 spiro atoms. The third-order valence-electron chi connectivity index (χ3n) is 5.44. The number of nitrogens with one attached hydrogen (secondary N) is 1. The Hall–Kier alpha value is -3.04. The van der Waals surface area contributed by atoms with E-state index in [9.17, 15) is 13.2 Å².